The number of ether oxygens (including phenoxy) is 1. The molecule has 45 heavy (non-hydrogen) atoms. The summed E-state index contributed by atoms with van der Waals surface area (Å²) in [5.41, 5.74) is 0.565. The van der Waals surface area contributed by atoms with Gasteiger partial charge in [0.15, 0.2) is 6.10 Å². The highest BCUT2D eigenvalue weighted by molar-refractivity contribution is 5.79. The number of hydrogen-bond acceptors (Lipinski definition) is 3. The molecule has 0 aliphatic heterocycles. The third-order valence-electron chi connectivity index (χ3n) is 7.12. The van der Waals surface area contributed by atoms with Gasteiger partial charge in [-0.15, -0.1) is 0 Å². The molecule has 4 rings (SSSR count). The molecule has 4 aromatic rings. The normalized spacial score (nSPS) is 13.4. The van der Waals surface area contributed by atoms with Crippen LogP contribution < -0.4 is 9.64 Å². The van der Waals surface area contributed by atoms with Crippen LogP contribution in [0, 0.1) is 0 Å². The van der Waals surface area contributed by atoms with Crippen LogP contribution in [-0.4, -0.2) is 30.1 Å². The predicted molar refractivity (Wildman–Crippen MR) is 157 cm³/mol. The van der Waals surface area contributed by atoms with Crippen molar-refractivity contribution in [1.29, 1.82) is 0 Å². The fraction of sp³-hybridized carbons (Fsp3) is 0.294. The van der Waals surface area contributed by atoms with Gasteiger partial charge in [0.25, 0.3) is 0 Å². The molecule has 0 saturated carbocycles. The van der Waals surface area contributed by atoms with Crippen molar-refractivity contribution in [2.45, 2.75) is 57.1 Å². The van der Waals surface area contributed by atoms with E-state index in [1.807, 2.05) is 18.2 Å². The minimum atomic E-state index is -5.87. The molecule has 0 amide bonds. The number of para-hydroxylation sites is 1. The maximum absolute atomic E-state index is 14.1. The van der Waals surface area contributed by atoms with Crippen molar-refractivity contribution < 1.29 is 45.0 Å². The zero-order chi connectivity index (χ0) is 33.2. The first-order valence-corrected chi connectivity index (χ1v) is 13.9. The molecule has 11 heteroatoms. The molecule has 0 radical (unpaired) electrons. The van der Waals surface area contributed by atoms with E-state index >= 15 is 0 Å². The average Bonchev–Trinajstić information content (AvgIpc) is 2.96. The van der Waals surface area contributed by atoms with Gasteiger partial charge in [-0.05, 0) is 58.5 Å². The monoisotopic (exact) mass is 637 g/mol. The standard InChI is InChI=1S/C34H31F8NO2/c1-31(2,3)24-11-8-14-27(19-24)45-26-13-7-10-23(18-26)28-15-4-5-16-29(28)43(21-30(44)33(37,38)39)20-22-9-6-12-25(17-22)32(35,36)34(40,41)42/h4-19,30,44H,20-21H2,1-3H3/t30-/m1/s1. The predicted octanol–water partition coefficient (Wildman–Crippen LogP) is 10.0. The molecule has 240 valence electrons. The topological polar surface area (TPSA) is 32.7 Å². The van der Waals surface area contributed by atoms with Crippen molar-refractivity contribution in [2.24, 2.45) is 0 Å². The second-order valence-electron chi connectivity index (χ2n) is 11.6. The van der Waals surface area contributed by atoms with Crippen molar-refractivity contribution >= 4 is 5.69 Å². The number of rotatable bonds is 9. The van der Waals surface area contributed by atoms with E-state index in [1.165, 1.54) is 12.1 Å². The summed E-state index contributed by atoms with van der Waals surface area (Å²) in [4.78, 5) is 1.10. The second kappa shape index (κ2) is 12.7. The highest BCUT2D eigenvalue weighted by Gasteiger charge is 2.58. The Morgan fingerprint density at radius 2 is 1.29 bits per heavy atom. The zero-order valence-corrected chi connectivity index (χ0v) is 24.6. The number of anilines is 1. The average molecular weight is 638 g/mol. The Balaban J connectivity index is 1.73. The Kier molecular flexibility index (Phi) is 9.53. The first-order chi connectivity index (χ1) is 20.9. The van der Waals surface area contributed by atoms with E-state index in [2.05, 4.69) is 20.8 Å². The van der Waals surface area contributed by atoms with E-state index < -0.39 is 43.0 Å². The van der Waals surface area contributed by atoms with Gasteiger partial charge < -0.3 is 14.7 Å². The van der Waals surface area contributed by atoms with Crippen LogP contribution >= 0.6 is 0 Å². The van der Waals surface area contributed by atoms with Crippen molar-refractivity contribution in [1.82, 2.24) is 0 Å². The molecule has 1 atom stereocenters. The molecule has 0 saturated heterocycles. The van der Waals surface area contributed by atoms with Crippen LogP contribution in [-0.2, 0) is 17.9 Å². The smallest absolute Gasteiger partial charge is 0.457 e. The number of hydrogen-bond donors (Lipinski definition) is 1. The largest absolute Gasteiger partial charge is 0.458 e. The van der Waals surface area contributed by atoms with E-state index in [0.717, 1.165) is 16.5 Å². The number of nitrogens with zero attached hydrogens (tertiary/aromatic N) is 1. The highest BCUT2D eigenvalue weighted by Crippen LogP contribution is 2.44. The van der Waals surface area contributed by atoms with Gasteiger partial charge in [-0.3, -0.25) is 0 Å². The van der Waals surface area contributed by atoms with E-state index in [1.54, 1.807) is 48.5 Å². The van der Waals surface area contributed by atoms with Gasteiger partial charge in [-0.1, -0.05) is 81.4 Å². The molecule has 0 unspecified atom stereocenters. The minimum Gasteiger partial charge on any atom is -0.457 e. The van der Waals surface area contributed by atoms with Gasteiger partial charge in [0, 0.05) is 23.4 Å². The number of aliphatic hydroxyl groups is 1. The second-order valence-corrected chi connectivity index (χ2v) is 11.6. The van der Waals surface area contributed by atoms with Crippen molar-refractivity contribution in [2.75, 3.05) is 11.4 Å². The molecule has 1 N–H and O–H groups in total. The van der Waals surface area contributed by atoms with Crippen LogP contribution in [0.1, 0.15) is 37.5 Å². The molecule has 0 aliphatic rings. The fourth-order valence-electron chi connectivity index (χ4n) is 4.69. The Labute approximate surface area is 255 Å². The summed E-state index contributed by atoms with van der Waals surface area (Å²) in [5.74, 6) is -4.18. The third-order valence-corrected chi connectivity index (χ3v) is 7.12. The molecule has 0 fully saturated rings. The Morgan fingerprint density at radius 1 is 0.689 bits per heavy atom. The first-order valence-electron chi connectivity index (χ1n) is 13.9. The third kappa shape index (κ3) is 8.13. The molecule has 0 bridgehead atoms. The Morgan fingerprint density at radius 3 is 1.93 bits per heavy atom. The fourth-order valence-corrected chi connectivity index (χ4v) is 4.69. The van der Waals surface area contributed by atoms with Crippen LogP contribution in [0.25, 0.3) is 11.1 Å². The number of benzene rings is 4. The van der Waals surface area contributed by atoms with Crippen molar-refractivity contribution in [3.63, 3.8) is 0 Å². The van der Waals surface area contributed by atoms with Crippen LogP contribution in [0.15, 0.2) is 97.1 Å². The van der Waals surface area contributed by atoms with Crippen molar-refractivity contribution in [3.05, 3.63) is 114 Å². The molecule has 0 aromatic heterocycles. The maximum Gasteiger partial charge on any atom is 0.458 e. The summed E-state index contributed by atoms with van der Waals surface area (Å²) < 4.78 is 114. The van der Waals surface area contributed by atoms with Gasteiger partial charge in [0.1, 0.15) is 11.5 Å². The van der Waals surface area contributed by atoms with Crippen LogP contribution in [0.2, 0.25) is 0 Å². The quantitative estimate of drug-likeness (QED) is 0.186. The molecule has 4 aromatic carbocycles. The van der Waals surface area contributed by atoms with E-state index in [-0.39, 0.29) is 16.7 Å². The molecule has 0 heterocycles. The lowest BCUT2D eigenvalue weighted by molar-refractivity contribution is -0.289. The molecule has 0 aliphatic carbocycles. The lowest BCUT2D eigenvalue weighted by Gasteiger charge is -2.30. The lowest BCUT2D eigenvalue weighted by Crippen LogP contribution is -2.41. The van der Waals surface area contributed by atoms with Crippen molar-refractivity contribution in [3.8, 4) is 22.6 Å². The lowest BCUT2D eigenvalue weighted by atomic mass is 9.87. The number of aliphatic hydroxyl groups excluding tert-OH is 1. The SMILES string of the molecule is CC(C)(C)c1cccc(Oc2cccc(-c3ccccc3N(Cc3cccc(C(F)(F)C(F)(F)F)c3)C[C@@H](O)C(F)(F)F)c2)c1. The minimum absolute atomic E-state index is 0.114. The summed E-state index contributed by atoms with van der Waals surface area (Å²) in [5, 5.41) is 9.98. The van der Waals surface area contributed by atoms with E-state index in [9.17, 15) is 40.2 Å². The van der Waals surface area contributed by atoms with E-state index in [4.69, 9.17) is 4.74 Å². The molecular weight excluding hydrogens is 606 g/mol. The Hall–Kier alpha value is -4.12. The van der Waals surface area contributed by atoms with Gasteiger partial charge in [0.05, 0.1) is 6.54 Å². The molecular formula is C34H31F8NO2. The highest BCUT2D eigenvalue weighted by atomic mass is 19.4. The number of alkyl halides is 8. The van der Waals surface area contributed by atoms with Gasteiger partial charge in [0.2, 0.25) is 0 Å². The van der Waals surface area contributed by atoms with E-state index in [0.29, 0.717) is 34.8 Å². The van der Waals surface area contributed by atoms with Crippen LogP contribution in [0.5, 0.6) is 11.5 Å². The first kappa shape index (κ1) is 33.8. The van der Waals surface area contributed by atoms with Gasteiger partial charge in [-0.2, -0.15) is 35.1 Å². The van der Waals surface area contributed by atoms with Gasteiger partial charge >= 0.3 is 18.3 Å². The summed E-state index contributed by atoms with van der Waals surface area (Å²) in [7, 11) is 0. The molecule has 3 nitrogen and oxygen atoms in total. The summed E-state index contributed by atoms with van der Waals surface area (Å²) in [6, 6.07) is 24.0. The zero-order valence-electron chi connectivity index (χ0n) is 24.6. The number of halogens is 8. The van der Waals surface area contributed by atoms with Gasteiger partial charge in [-0.25, -0.2) is 0 Å². The molecule has 0 spiro atoms. The van der Waals surface area contributed by atoms with Crippen LogP contribution in [0.4, 0.5) is 40.8 Å². The van der Waals surface area contributed by atoms with Crippen LogP contribution in [0.3, 0.4) is 0 Å². The summed E-state index contributed by atoms with van der Waals surface area (Å²) >= 11 is 0. The summed E-state index contributed by atoms with van der Waals surface area (Å²) in [6.45, 7) is 4.65. The Bertz CT molecular complexity index is 1610. The summed E-state index contributed by atoms with van der Waals surface area (Å²) in [6.07, 6.45) is -13.7. The maximum atomic E-state index is 14.1.